The topological polar surface area (TPSA) is 68.8 Å². The predicted octanol–water partition coefficient (Wildman–Crippen LogP) is 2.54. The van der Waals surface area contributed by atoms with Crippen LogP contribution in [0.2, 0.25) is 0 Å². The van der Waals surface area contributed by atoms with E-state index in [1.807, 2.05) is 18.2 Å². The Morgan fingerprint density at radius 3 is 2.96 bits per heavy atom. The van der Waals surface area contributed by atoms with E-state index >= 15 is 0 Å². The van der Waals surface area contributed by atoms with Crippen molar-refractivity contribution in [1.82, 2.24) is 15.5 Å². The first-order valence-electron chi connectivity index (χ1n) is 10.3. The molecule has 1 saturated heterocycles. The van der Waals surface area contributed by atoms with Crippen molar-refractivity contribution in [3.05, 3.63) is 29.8 Å². The number of rotatable bonds is 6. The fourth-order valence-corrected chi connectivity index (χ4v) is 4.02. The van der Waals surface area contributed by atoms with Crippen LogP contribution in [0.4, 0.5) is 5.69 Å². The average molecular weight is 372 g/mol. The molecule has 2 aliphatic rings. The number of carbonyl (C=O) groups excluding carboxylic acids is 1. The second-order valence-corrected chi connectivity index (χ2v) is 7.56. The first kappa shape index (κ1) is 19.7. The molecule has 3 N–H and O–H groups in total. The molecular formula is C21H33N5O. The van der Waals surface area contributed by atoms with Gasteiger partial charge in [-0.2, -0.15) is 0 Å². The monoisotopic (exact) mass is 371 g/mol. The van der Waals surface area contributed by atoms with Crippen LogP contribution in [0.1, 0.15) is 51.0 Å². The van der Waals surface area contributed by atoms with Gasteiger partial charge in [0.1, 0.15) is 0 Å². The molecule has 1 fully saturated rings. The van der Waals surface area contributed by atoms with Crippen molar-refractivity contribution in [3.63, 3.8) is 0 Å². The molecule has 27 heavy (non-hydrogen) atoms. The maximum atomic E-state index is 12.0. The molecule has 148 valence electrons. The summed E-state index contributed by atoms with van der Waals surface area (Å²) in [4.78, 5) is 19.3. The SMILES string of the molecule is CCNC(=NCC1CC(=O)Nc2ccccc21)NCCN1CCCCC1C. The fraction of sp³-hybridized carbons (Fsp3) is 0.619. The number of aliphatic imine (C=N–C) groups is 1. The van der Waals surface area contributed by atoms with Crippen LogP contribution >= 0.6 is 0 Å². The maximum absolute atomic E-state index is 12.0. The first-order chi connectivity index (χ1) is 13.2. The molecular weight excluding hydrogens is 338 g/mol. The molecule has 0 radical (unpaired) electrons. The van der Waals surface area contributed by atoms with E-state index < -0.39 is 0 Å². The van der Waals surface area contributed by atoms with Gasteiger partial charge in [-0.3, -0.25) is 14.7 Å². The Bertz CT molecular complexity index is 660. The largest absolute Gasteiger partial charge is 0.357 e. The van der Waals surface area contributed by atoms with E-state index in [0.29, 0.717) is 19.0 Å². The summed E-state index contributed by atoms with van der Waals surface area (Å²) in [6.07, 6.45) is 4.45. The second-order valence-electron chi connectivity index (χ2n) is 7.56. The molecule has 6 nitrogen and oxygen atoms in total. The van der Waals surface area contributed by atoms with Crippen LogP contribution < -0.4 is 16.0 Å². The molecule has 0 aliphatic carbocycles. The Labute approximate surface area is 162 Å². The third-order valence-electron chi connectivity index (χ3n) is 5.55. The number of guanidine groups is 1. The molecule has 0 spiro atoms. The number of hydrogen-bond acceptors (Lipinski definition) is 3. The van der Waals surface area contributed by atoms with Crippen LogP contribution in [-0.2, 0) is 4.79 Å². The van der Waals surface area contributed by atoms with Gasteiger partial charge in [0.05, 0.1) is 6.54 Å². The predicted molar refractivity (Wildman–Crippen MR) is 111 cm³/mol. The van der Waals surface area contributed by atoms with E-state index in [4.69, 9.17) is 4.99 Å². The van der Waals surface area contributed by atoms with Crippen LogP contribution in [-0.4, -0.2) is 55.5 Å². The van der Waals surface area contributed by atoms with Gasteiger partial charge in [-0.05, 0) is 44.9 Å². The van der Waals surface area contributed by atoms with Crippen LogP contribution in [0.15, 0.2) is 29.3 Å². The van der Waals surface area contributed by atoms with E-state index in [2.05, 4.69) is 40.8 Å². The minimum atomic E-state index is 0.0749. The van der Waals surface area contributed by atoms with Gasteiger partial charge < -0.3 is 16.0 Å². The summed E-state index contributed by atoms with van der Waals surface area (Å²) >= 11 is 0. The normalized spacial score (nSPS) is 23.5. The van der Waals surface area contributed by atoms with E-state index in [1.165, 1.54) is 31.4 Å². The summed E-state index contributed by atoms with van der Waals surface area (Å²) in [5.74, 6) is 1.05. The summed E-state index contributed by atoms with van der Waals surface area (Å²) in [6.45, 7) is 8.97. The highest BCUT2D eigenvalue weighted by Gasteiger charge is 2.24. The van der Waals surface area contributed by atoms with E-state index in [1.54, 1.807) is 0 Å². The van der Waals surface area contributed by atoms with Crippen LogP contribution in [0.25, 0.3) is 0 Å². The molecule has 2 heterocycles. The summed E-state index contributed by atoms with van der Waals surface area (Å²) in [6, 6.07) is 8.71. The summed E-state index contributed by atoms with van der Waals surface area (Å²) < 4.78 is 0. The molecule has 1 aromatic rings. The first-order valence-corrected chi connectivity index (χ1v) is 10.3. The number of nitrogens with one attached hydrogen (secondary N) is 3. The zero-order chi connectivity index (χ0) is 19.1. The molecule has 2 atom stereocenters. The lowest BCUT2D eigenvalue weighted by Gasteiger charge is -2.33. The number of anilines is 1. The zero-order valence-electron chi connectivity index (χ0n) is 16.6. The zero-order valence-corrected chi connectivity index (χ0v) is 16.6. The van der Waals surface area contributed by atoms with E-state index in [9.17, 15) is 4.79 Å². The molecule has 2 aliphatic heterocycles. The van der Waals surface area contributed by atoms with Gasteiger partial charge in [0, 0.05) is 43.7 Å². The molecule has 2 unspecified atom stereocenters. The van der Waals surface area contributed by atoms with Gasteiger partial charge in [-0.1, -0.05) is 24.6 Å². The number of amides is 1. The summed E-state index contributed by atoms with van der Waals surface area (Å²) in [7, 11) is 0. The molecule has 3 rings (SSSR count). The van der Waals surface area contributed by atoms with Gasteiger partial charge in [0.2, 0.25) is 5.91 Å². The van der Waals surface area contributed by atoms with Crippen LogP contribution in [0.3, 0.4) is 0 Å². The highest BCUT2D eigenvalue weighted by molar-refractivity contribution is 5.94. The molecule has 0 saturated carbocycles. The average Bonchev–Trinajstić information content (AvgIpc) is 2.67. The molecule has 6 heteroatoms. The van der Waals surface area contributed by atoms with E-state index in [0.717, 1.165) is 31.3 Å². The Morgan fingerprint density at radius 2 is 2.15 bits per heavy atom. The van der Waals surface area contributed by atoms with Crippen molar-refractivity contribution in [2.24, 2.45) is 4.99 Å². The van der Waals surface area contributed by atoms with Gasteiger partial charge in [-0.15, -0.1) is 0 Å². The Hall–Kier alpha value is -2.08. The van der Waals surface area contributed by atoms with Crippen molar-refractivity contribution in [1.29, 1.82) is 0 Å². The lowest BCUT2D eigenvalue weighted by Crippen LogP contribution is -2.45. The van der Waals surface area contributed by atoms with Crippen molar-refractivity contribution in [2.75, 3.05) is 38.0 Å². The van der Waals surface area contributed by atoms with Gasteiger partial charge >= 0.3 is 0 Å². The van der Waals surface area contributed by atoms with Crippen molar-refractivity contribution in [3.8, 4) is 0 Å². The standard InChI is InChI=1S/C21H33N5O/c1-3-22-21(23-11-13-26-12-7-6-8-16(26)2)24-15-17-14-20(27)25-19-10-5-4-9-18(17)19/h4-5,9-10,16-17H,3,6-8,11-15H2,1-2H3,(H,25,27)(H2,22,23,24). The number of nitrogens with zero attached hydrogens (tertiary/aromatic N) is 2. The molecule has 0 bridgehead atoms. The minimum absolute atomic E-state index is 0.0749. The molecule has 1 aromatic carbocycles. The number of fused-ring (bicyclic) bond motifs is 1. The number of piperidine rings is 1. The van der Waals surface area contributed by atoms with Crippen molar-refractivity contribution < 1.29 is 4.79 Å². The Balaban J connectivity index is 1.56. The number of para-hydroxylation sites is 1. The van der Waals surface area contributed by atoms with Crippen molar-refractivity contribution >= 4 is 17.6 Å². The van der Waals surface area contributed by atoms with Crippen molar-refractivity contribution in [2.45, 2.75) is 51.5 Å². The number of likely N-dealkylation sites (tertiary alicyclic amines) is 1. The number of hydrogen-bond donors (Lipinski definition) is 3. The molecule has 1 amide bonds. The number of carbonyl (C=O) groups is 1. The van der Waals surface area contributed by atoms with Crippen LogP contribution in [0, 0.1) is 0 Å². The molecule has 0 aromatic heterocycles. The van der Waals surface area contributed by atoms with Gasteiger partial charge in [-0.25, -0.2) is 0 Å². The minimum Gasteiger partial charge on any atom is -0.357 e. The summed E-state index contributed by atoms with van der Waals surface area (Å²) in [5.41, 5.74) is 2.10. The summed E-state index contributed by atoms with van der Waals surface area (Å²) in [5, 5.41) is 9.74. The highest BCUT2D eigenvalue weighted by atomic mass is 16.1. The van der Waals surface area contributed by atoms with Gasteiger partial charge in [0.25, 0.3) is 0 Å². The number of benzene rings is 1. The third-order valence-corrected chi connectivity index (χ3v) is 5.55. The Kier molecular flexibility index (Phi) is 7.10. The Morgan fingerprint density at radius 1 is 1.30 bits per heavy atom. The lowest BCUT2D eigenvalue weighted by atomic mass is 9.91. The van der Waals surface area contributed by atoms with Gasteiger partial charge in [0.15, 0.2) is 5.96 Å². The van der Waals surface area contributed by atoms with E-state index in [-0.39, 0.29) is 11.8 Å². The fourth-order valence-electron chi connectivity index (χ4n) is 4.02. The maximum Gasteiger partial charge on any atom is 0.225 e. The third kappa shape index (κ3) is 5.45. The highest BCUT2D eigenvalue weighted by Crippen LogP contribution is 2.31. The lowest BCUT2D eigenvalue weighted by molar-refractivity contribution is -0.116. The quantitative estimate of drug-likeness (QED) is 0.531. The van der Waals surface area contributed by atoms with Crippen LogP contribution in [0.5, 0.6) is 0 Å². The smallest absolute Gasteiger partial charge is 0.225 e. The second kappa shape index (κ2) is 9.74.